The van der Waals surface area contributed by atoms with Crippen LogP contribution in [-0.4, -0.2) is 24.5 Å². The van der Waals surface area contributed by atoms with Gasteiger partial charge in [-0.3, -0.25) is 0 Å². The zero-order valence-electron chi connectivity index (χ0n) is 14.3. The molecule has 0 saturated carbocycles. The molecule has 7 heteroatoms. The van der Waals surface area contributed by atoms with Gasteiger partial charge in [0.2, 0.25) is 11.9 Å². The predicted octanol–water partition coefficient (Wildman–Crippen LogP) is 3.07. The lowest BCUT2D eigenvalue weighted by Crippen LogP contribution is -2.17. The fourth-order valence-corrected chi connectivity index (χ4v) is 2.93. The minimum Gasteiger partial charge on any atom is -0.368 e. The summed E-state index contributed by atoms with van der Waals surface area (Å²) in [6.07, 6.45) is 7.97. The van der Waals surface area contributed by atoms with E-state index in [9.17, 15) is 0 Å². The molecule has 0 radical (unpaired) electrons. The van der Waals surface area contributed by atoms with E-state index < -0.39 is 0 Å². The normalized spacial score (nSPS) is 12.2. The second-order valence-corrected chi connectivity index (χ2v) is 5.95. The first-order valence-electron chi connectivity index (χ1n) is 8.54. The highest BCUT2D eigenvalue weighted by molar-refractivity contribution is 5.55. The maximum absolute atomic E-state index is 5.79. The van der Waals surface area contributed by atoms with E-state index >= 15 is 0 Å². The second-order valence-electron chi connectivity index (χ2n) is 5.95. The van der Waals surface area contributed by atoms with E-state index in [1.165, 1.54) is 0 Å². The van der Waals surface area contributed by atoms with Crippen LogP contribution < -0.4 is 11.5 Å². The molecule has 2 aromatic heterocycles. The largest absolute Gasteiger partial charge is 0.368 e. The molecule has 0 aliphatic heterocycles. The summed E-state index contributed by atoms with van der Waals surface area (Å²) in [5.74, 6) is 1.74. The van der Waals surface area contributed by atoms with Crippen LogP contribution in [0, 0.1) is 0 Å². The molecule has 25 heavy (non-hydrogen) atoms. The quantitative estimate of drug-likeness (QED) is 0.641. The van der Waals surface area contributed by atoms with Crippen molar-refractivity contribution in [3.63, 3.8) is 0 Å². The Morgan fingerprint density at radius 3 is 2.40 bits per heavy atom. The molecule has 0 aliphatic carbocycles. The summed E-state index contributed by atoms with van der Waals surface area (Å²) >= 11 is 0. The van der Waals surface area contributed by atoms with Crippen LogP contribution in [0.5, 0.6) is 0 Å². The van der Waals surface area contributed by atoms with Crippen LogP contribution in [0.2, 0.25) is 0 Å². The number of imidazole rings is 1. The van der Waals surface area contributed by atoms with E-state index in [4.69, 9.17) is 11.5 Å². The number of unbranched alkanes of at least 4 members (excludes halogenated alkanes) is 2. The predicted molar refractivity (Wildman–Crippen MR) is 98.6 cm³/mol. The Labute approximate surface area is 147 Å². The molecule has 0 fully saturated rings. The molecule has 0 saturated heterocycles. The van der Waals surface area contributed by atoms with Gasteiger partial charge in [-0.05, 0) is 6.42 Å². The van der Waals surface area contributed by atoms with E-state index in [-0.39, 0.29) is 17.9 Å². The summed E-state index contributed by atoms with van der Waals surface area (Å²) in [6, 6.07) is 9.98. The van der Waals surface area contributed by atoms with Crippen LogP contribution in [0.1, 0.15) is 44.5 Å². The van der Waals surface area contributed by atoms with Crippen LogP contribution in [0.3, 0.4) is 0 Å². The van der Waals surface area contributed by atoms with Crippen molar-refractivity contribution in [2.24, 2.45) is 0 Å². The third-order valence-corrected chi connectivity index (χ3v) is 4.10. The van der Waals surface area contributed by atoms with E-state index in [0.29, 0.717) is 5.82 Å². The third kappa shape index (κ3) is 3.93. The molecule has 1 unspecified atom stereocenters. The van der Waals surface area contributed by atoms with Gasteiger partial charge >= 0.3 is 0 Å². The Morgan fingerprint density at radius 2 is 1.72 bits per heavy atom. The van der Waals surface area contributed by atoms with Gasteiger partial charge < -0.3 is 16.0 Å². The van der Waals surface area contributed by atoms with Gasteiger partial charge in [0.05, 0.1) is 6.04 Å². The summed E-state index contributed by atoms with van der Waals surface area (Å²) in [4.78, 5) is 17.1. The monoisotopic (exact) mass is 337 g/mol. The van der Waals surface area contributed by atoms with Crippen LogP contribution in [-0.2, 0) is 0 Å². The van der Waals surface area contributed by atoms with Crippen LogP contribution in [0.4, 0.5) is 11.9 Å². The molecule has 130 valence electrons. The van der Waals surface area contributed by atoms with Crippen molar-refractivity contribution in [1.29, 1.82) is 0 Å². The SMILES string of the molecule is CCCCCC(c1nc(N)nc(N)n1)n1ccnc1-c1ccccc1. The van der Waals surface area contributed by atoms with Gasteiger partial charge in [0.15, 0.2) is 5.82 Å². The highest BCUT2D eigenvalue weighted by Gasteiger charge is 2.21. The van der Waals surface area contributed by atoms with Crippen LogP contribution in [0.25, 0.3) is 11.4 Å². The van der Waals surface area contributed by atoms with Crippen molar-refractivity contribution < 1.29 is 0 Å². The summed E-state index contributed by atoms with van der Waals surface area (Å²) < 4.78 is 2.10. The maximum Gasteiger partial charge on any atom is 0.225 e. The Hall–Kier alpha value is -2.96. The van der Waals surface area contributed by atoms with Crippen molar-refractivity contribution in [2.75, 3.05) is 11.5 Å². The fraction of sp³-hybridized carbons (Fsp3) is 0.333. The lowest BCUT2D eigenvalue weighted by molar-refractivity contribution is 0.486. The van der Waals surface area contributed by atoms with E-state index in [0.717, 1.165) is 37.1 Å². The number of nitrogens with zero attached hydrogens (tertiary/aromatic N) is 5. The first-order valence-corrected chi connectivity index (χ1v) is 8.54. The lowest BCUT2D eigenvalue weighted by Gasteiger charge is -2.20. The highest BCUT2D eigenvalue weighted by Crippen LogP contribution is 2.28. The smallest absolute Gasteiger partial charge is 0.225 e. The number of anilines is 2. The number of rotatable bonds is 7. The molecule has 0 aliphatic rings. The van der Waals surface area contributed by atoms with Crippen molar-refractivity contribution in [3.05, 3.63) is 48.5 Å². The molecule has 0 amide bonds. The molecule has 0 spiro atoms. The summed E-state index contributed by atoms with van der Waals surface area (Å²) in [5, 5.41) is 0. The summed E-state index contributed by atoms with van der Waals surface area (Å²) in [7, 11) is 0. The zero-order valence-corrected chi connectivity index (χ0v) is 14.3. The molecule has 0 bridgehead atoms. The van der Waals surface area contributed by atoms with Gasteiger partial charge in [-0.1, -0.05) is 56.5 Å². The van der Waals surface area contributed by atoms with Gasteiger partial charge in [0, 0.05) is 18.0 Å². The number of hydrogen-bond acceptors (Lipinski definition) is 6. The number of benzene rings is 1. The van der Waals surface area contributed by atoms with E-state index in [1.807, 2.05) is 36.5 Å². The molecule has 3 aromatic rings. The Morgan fingerprint density at radius 1 is 1.00 bits per heavy atom. The first kappa shape index (κ1) is 16.9. The average Bonchev–Trinajstić information content (AvgIpc) is 3.08. The third-order valence-electron chi connectivity index (χ3n) is 4.10. The molecule has 1 aromatic carbocycles. The fourth-order valence-electron chi connectivity index (χ4n) is 2.93. The zero-order chi connectivity index (χ0) is 17.6. The maximum atomic E-state index is 5.79. The van der Waals surface area contributed by atoms with Crippen molar-refractivity contribution >= 4 is 11.9 Å². The Bertz CT molecular complexity index is 793. The Kier molecular flexibility index (Phi) is 5.23. The molecule has 4 N–H and O–H groups in total. The molecule has 3 rings (SSSR count). The van der Waals surface area contributed by atoms with Crippen LogP contribution in [0.15, 0.2) is 42.7 Å². The standard InChI is InChI=1S/C18H23N7/c1-2-3-5-10-14(15-22-17(19)24-18(20)23-15)25-12-11-21-16(25)13-8-6-4-7-9-13/h4,6-9,11-12,14H,2-3,5,10H2,1H3,(H4,19,20,22,23,24). The molecule has 1 atom stereocenters. The van der Waals surface area contributed by atoms with Gasteiger partial charge in [0.25, 0.3) is 0 Å². The minimum absolute atomic E-state index is 0.0862. The number of nitrogen functional groups attached to an aromatic ring is 2. The van der Waals surface area contributed by atoms with Gasteiger partial charge in [-0.2, -0.15) is 15.0 Å². The summed E-state index contributed by atoms with van der Waals surface area (Å²) in [5.41, 5.74) is 12.6. The van der Waals surface area contributed by atoms with Gasteiger partial charge in [-0.15, -0.1) is 0 Å². The Balaban J connectivity index is 2.02. The van der Waals surface area contributed by atoms with E-state index in [1.54, 1.807) is 6.20 Å². The number of nitrogens with two attached hydrogens (primary N) is 2. The minimum atomic E-state index is -0.0862. The molecular formula is C18H23N7. The topological polar surface area (TPSA) is 109 Å². The lowest BCUT2D eigenvalue weighted by atomic mass is 10.1. The molecule has 7 nitrogen and oxygen atoms in total. The van der Waals surface area contributed by atoms with Crippen LogP contribution >= 0.6 is 0 Å². The number of hydrogen-bond donors (Lipinski definition) is 2. The van der Waals surface area contributed by atoms with Crippen molar-refractivity contribution in [1.82, 2.24) is 24.5 Å². The molecular weight excluding hydrogens is 314 g/mol. The van der Waals surface area contributed by atoms with E-state index in [2.05, 4.69) is 31.4 Å². The highest BCUT2D eigenvalue weighted by atomic mass is 15.2. The first-order chi connectivity index (χ1) is 12.2. The van der Waals surface area contributed by atoms with Crippen molar-refractivity contribution in [2.45, 2.75) is 38.6 Å². The van der Waals surface area contributed by atoms with Crippen molar-refractivity contribution in [3.8, 4) is 11.4 Å². The van der Waals surface area contributed by atoms with Gasteiger partial charge in [0.1, 0.15) is 5.82 Å². The number of aromatic nitrogens is 5. The second kappa shape index (κ2) is 7.74. The average molecular weight is 337 g/mol. The summed E-state index contributed by atoms with van der Waals surface area (Å²) in [6.45, 7) is 2.18. The van der Waals surface area contributed by atoms with Gasteiger partial charge in [-0.25, -0.2) is 4.98 Å². The molecule has 2 heterocycles.